The first-order chi connectivity index (χ1) is 16.9. The number of aliphatic carboxylic acids is 1. The van der Waals surface area contributed by atoms with Gasteiger partial charge in [0.05, 0.1) is 12.6 Å². The van der Waals surface area contributed by atoms with E-state index in [0.717, 1.165) is 48.4 Å². The van der Waals surface area contributed by atoms with Gasteiger partial charge in [0.15, 0.2) is 0 Å². The van der Waals surface area contributed by atoms with Crippen molar-refractivity contribution in [2.75, 3.05) is 18.8 Å². The SMILES string of the molecule is Nc1nccc2cc(CNC(=O)C3CCCN3C(=O)C(CC3CCCCC3)NCC(=O)O)ccc12. The zero-order valence-electron chi connectivity index (χ0n) is 20.0. The number of rotatable bonds is 9. The van der Waals surface area contributed by atoms with Crippen molar-refractivity contribution in [3.8, 4) is 0 Å². The maximum absolute atomic E-state index is 13.5. The first-order valence-corrected chi connectivity index (χ1v) is 12.6. The lowest BCUT2D eigenvalue weighted by Gasteiger charge is -2.31. The molecule has 1 saturated heterocycles. The number of likely N-dealkylation sites (tertiary alicyclic amines) is 1. The lowest BCUT2D eigenvalue weighted by Crippen LogP contribution is -2.53. The Morgan fingerprint density at radius 1 is 1.11 bits per heavy atom. The first kappa shape index (κ1) is 24.9. The van der Waals surface area contributed by atoms with Crippen LogP contribution >= 0.6 is 0 Å². The number of fused-ring (bicyclic) bond motifs is 1. The van der Waals surface area contributed by atoms with Crippen molar-refractivity contribution < 1.29 is 19.5 Å². The van der Waals surface area contributed by atoms with Crippen LogP contribution in [0.25, 0.3) is 10.8 Å². The van der Waals surface area contributed by atoms with E-state index in [2.05, 4.69) is 15.6 Å². The summed E-state index contributed by atoms with van der Waals surface area (Å²) >= 11 is 0. The number of carboxylic acids is 1. The van der Waals surface area contributed by atoms with Crippen LogP contribution in [0.4, 0.5) is 5.82 Å². The molecule has 1 aliphatic carbocycles. The Morgan fingerprint density at radius 3 is 2.69 bits per heavy atom. The molecule has 4 rings (SSSR count). The van der Waals surface area contributed by atoms with Gasteiger partial charge in [0.25, 0.3) is 0 Å². The number of nitrogens with one attached hydrogen (secondary N) is 2. The molecule has 2 unspecified atom stereocenters. The van der Waals surface area contributed by atoms with Crippen molar-refractivity contribution >= 4 is 34.4 Å². The van der Waals surface area contributed by atoms with Crippen LogP contribution in [0.5, 0.6) is 0 Å². The fraction of sp³-hybridized carbons (Fsp3) is 0.538. The molecule has 2 aromatic rings. The number of hydrogen-bond acceptors (Lipinski definition) is 6. The van der Waals surface area contributed by atoms with Gasteiger partial charge in [0.1, 0.15) is 11.9 Å². The molecule has 2 aliphatic rings. The van der Waals surface area contributed by atoms with Gasteiger partial charge in [-0.25, -0.2) is 4.98 Å². The molecular weight excluding hydrogens is 446 g/mol. The van der Waals surface area contributed by atoms with Crippen LogP contribution in [0, 0.1) is 5.92 Å². The Kier molecular flexibility index (Phi) is 8.17. The van der Waals surface area contributed by atoms with Crippen molar-refractivity contribution in [1.29, 1.82) is 0 Å². The number of amides is 2. The van der Waals surface area contributed by atoms with E-state index in [0.29, 0.717) is 37.7 Å². The quantitative estimate of drug-likeness (QED) is 0.432. The van der Waals surface area contributed by atoms with Gasteiger partial charge >= 0.3 is 5.97 Å². The largest absolute Gasteiger partial charge is 0.480 e. The van der Waals surface area contributed by atoms with Crippen LogP contribution in [-0.2, 0) is 20.9 Å². The van der Waals surface area contributed by atoms with Crippen LogP contribution in [0.15, 0.2) is 30.5 Å². The zero-order chi connectivity index (χ0) is 24.8. The monoisotopic (exact) mass is 481 g/mol. The van der Waals surface area contributed by atoms with Crippen molar-refractivity contribution in [3.05, 3.63) is 36.0 Å². The summed E-state index contributed by atoms with van der Waals surface area (Å²) in [5.74, 6) is -0.457. The highest BCUT2D eigenvalue weighted by molar-refractivity contribution is 5.92. The molecule has 1 aromatic heterocycles. The van der Waals surface area contributed by atoms with E-state index in [1.54, 1.807) is 11.1 Å². The number of carbonyl (C=O) groups excluding carboxylic acids is 2. The van der Waals surface area contributed by atoms with E-state index in [9.17, 15) is 14.4 Å². The summed E-state index contributed by atoms with van der Waals surface area (Å²) in [4.78, 5) is 43.5. The minimum Gasteiger partial charge on any atom is -0.480 e. The fourth-order valence-electron chi connectivity index (χ4n) is 5.41. The highest BCUT2D eigenvalue weighted by atomic mass is 16.4. The van der Waals surface area contributed by atoms with E-state index >= 15 is 0 Å². The molecule has 0 bridgehead atoms. The summed E-state index contributed by atoms with van der Waals surface area (Å²) < 4.78 is 0. The second-order valence-electron chi connectivity index (χ2n) is 9.73. The summed E-state index contributed by atoms with van der Waals surface area (Å²) in [6.07, 6.45) is 9.28. The first-order valence-electron chi connectivity index (χ1n) is 12.6. The predicted octanol–water partition coefficient (Wildman–Crippen LogP) is 2.44. The van der Waals surface area contributed by atoms with Gasteiger partial charge < -0.3 is 21.1 Å². The maximum Gasteiger partial charge on any atom is 0.317 e. The van der Waals surface area contributed by atoms with E-state index in [1.807, 2.05) is 24.3 Å². The molecule has 2 heterocycles. The third-order valence-corrected chi connectivity index (χ3v) is 7.26. The molecule has 9 nitrogen and oxygen atoms in total. The zero-order valence-corrected chi connectivity index (χ0v) is 20.0. The van der Waals surface area contributed by atoms with Gasteiger partial charge in [-0.1, -0.05) is 44.2 Å². The van der Waals surface area contributed by atoms with E-state index in [4.69, 9.17) is 10.8 Å². The molecule has 1 aromatic carbocycles. The Bertz CT molecular complexity index is 1070. The third-order valence-electron chi connectivity index (χ3n) is 7.26. The Balaban J connectivity index is 1.39. The second-order valence-corrected chi connectivity index (χ2v) is 9.73. The molecule has 9 heteroatoms. The molecule has 2 atom stereocenters. The van der Waals surface area contributed by atoms with Gasteiger partial charge in [0.2, 0.25) is 11.8 Å². The fourth-order valence-corrected chi connectivity index (χ4v) is 5.41. The number of aromatic nitrogens is 1. The van der Waals surface area contributed by atoms with Crippen molar-refractivity contribution in [2.45, 2.75) is 70.0 Å². The third kappa shape index (κ3) is 6.28. The lowest BCUT2D eigenvalue weighted by molar-refractivity contribution is -0.141. The van der Waals surface area contributed by atoms with Gasteiger partial charge in [0, 0.05) is 24.7 Å². The van der Waals surface area contributed by atoms with Crippen LogP contribution in [0.1, 0.15) is 56.9 Å². The molecule has 188 valence electrons. The van der Waals surface area contributed by atoms with Crippen molar-refractivity contribution in [1.82, 2.24) is 20.5 Å². The molecule has 5 N–H and O–H groups in total. The van der Waals surface area contributed by atoms with E-state index in [-0.39, 0.29) is 18.4 Å². The summed E-state index contributed by atoms with van der Waals surface area (Å²) in [7, 11) is 0. The Morgan fingerprint density at radius 2 is 1.91 bits per heavy atom. The molecule has 0 radical (unpaired) electrons. The number of carboxylic acid groups (broad SMARTS) is 1. The Labute approximate surface area is 205 Å². The summed E-state index contributed by atoms with van der Waals surface area (Å²) in [5.41, 5.74) is 6.86. The van der Waals surface area contributed by atoms with Gasteiger partial charge in [-0.3, -0.25) is 19.7 Å². The maximum atomic E-state index is 13.5. The molecule has 2 fully saturated rings. The smallest absolute Gasteiger partial charge is 0.317 e. The number of pyridine rings is 1. The number of nitrogens with zero attached hydrogens (tertiary/aromatic N) is 2. The minimum absolute atomic E-state index is 0.164. The van der Waals surface area contributed by atoms with Crippen molar-refractivity contribution in [3.63, 3.8) is 0 Å². The summed E-state index contributed by atoms with van der Waals surface area (Å²) in [5, 5.41) is 16.9. The standard InChI is InChI=1S/C26H35N5O4/c27-24-20-9-8-18(13-19(20)10-11-28-24)15-30-25(34)22-7-4-12-31(22)26(35)21(29-16-23(32)33)14-17-5-2-1-3-6-17/h8-11,13,17,21-22,29H,1-7,12,14-16H2,(H2,27,28)(H,30,34)(H,32,33). The van der Waals surface area contributed by atoms with Gasteiger partial charge in [-0.15, -0.1) is 0 Å². The van der Waals surface area contributed by atoms with Crippen LogP contribution in [-0.4, -0.2) is 57.9 Å². The van der Waals surface area contributed by atoms with Gasteiger partial charge in [-0.05, 0) is 48.3 Å². The van der Waals surface area contributed by atoms with Crippen LogP contribution in [0.3, 0.4) is 0 Å². The molecule has 0 spiro atoms. The predicted molar refractivity (Wildman–Crippen MR) is 133 cm³/mol. The number of carbonyl (C=O) groups is 3. The highest BCUT2D eigenvalue weighted by Gasteiger charge is 2.37. The van der Waals surface area contributed by atoms with Crippen LogP contribution < -0.4 is 16.4 Å². The van der Waals surface area contributed by atoms with Crippen LogP contribution in [0.2, 0.25) is 0 Å². The Hall–Kier alpha value is -3.20. The molecule has 1 aliphatic heterocycles. The molecular formula is C26H35N5O4. The number of hydrogen-bond donors (Lipinski definition) is 4. The van der Waals surface area contributed by atoms with E-state index in [1.165, 1.54) is 6.42 Å². The van der Waals surface area contributed by atoms with Crippen molar-refractivity contribution in [2.24, 2.45) is 5.92 Å². The van der Waals surface area contributed by atoms with Gasteiger partial charge in [-0.2, -0.15) is 0 Å². The number of nitrogen functional groups attached to an aromatic ring is 1. The summed E-state index contributed by atoms with van der Waals surface area (Å²) in [6, 6.07) is 6.54. The minimum atomic E-state index is -0.991. The lowest BCUT2D eigenvalue weighted by atomic mass is 9.84. The highest BCUT2D eigenvalue weighted by Crippen LogP contribution is 2.29. The molecule has 2 amide bonds. The normalized spacial score (nSPS) is 19.5. The summed E-state index contributed by atoms with van der Waals surface area (Å²) in [6.45, 7) is 0.587. The number of benzene rings is 1. The molecule has 35 heavy (non-hydrogen) atoms. The van der Waals surface area contributed by atoms with E-state index < -0.39 is 18.1 Å². The number of nitrogens with two attached hydrogens (primary N) is 1. The topological polar surface area (TPSA) is 138 Å². The average Bonchev–Trinajstić information content (AvgIpc) is 3.35. The number of anilines is 1. The average molecular weight is 482 g/mol. The molecule has 1 saturated carbocycles. The second kappa shape index (κ2) is 11.5.